The van der Waals surface area contributed by atoms with E-state index in [9.17, 15) is 9.90 Å². The number of hydrogen-bond acceptors (Lipinski definition) is 3. The maximum atomic E-state index is 12.7. The molecule has 0 radical (unpaired) electrons. The van der Waals surface area contributed by atoms with Crippen LogP contribution in [0.5, 0.6) is 0 Å². The minimum Gasteiger partial charge on any atom is -0.507 e. The summed E-state index contributed by atoms with van der Waals surface area (Å²) >= 11 is 9.23. The first kappa shape index (κ1) is 18.2. The summed E-state index contributed by atoms with van der Waals surface area (Å²) in [5.74, 6) is -0.355. The third kappa shape index (κ3) is 4.24. The number of ketones is 1. The normalized spacial score (nSPS) is 11.2. The number of carbonyl (C=O) groups is 1. The van der Waals surface area contributed by atoms with Gasteiger partial charge in [0.25, 0.3) is 0 Å². The molecule has 0 bridgehead atoms. The van der Waals surface area contributed by atoms with Crippen molar-refractivity contribution in [3.63, 3.8) is 0 Å². The van der Waals surface area contributed by atoms with Crippen molar-refractivity contribution in [3.05, 3.63) is 70.8 Å². The van der Waals surface area contributed by atoms with Gasteiger partial charge in [-0.2, -0.15) is 0 Å². The van der Waals surface area contributed by atoms with Gasteiger partial charge in [0, 0.05) is 24.3 Å². The highest BCUT2D eigenvalue weighted by atomic mass is 32.1. The van der Waals surface area contributed by atoms with E-state index in [1.54, 1.807) is 30.1 Å². The van der Waals surface area contributed by atoms with Crippen molar-refractivity contribution in [2.45, 2.75) is 13.8 Å². The fraction of sp³-hybridized carbons (Fsp3) is 0.158. The van der Waals surface area contributed by atoms with Crippen LogP contribution < -0.4 is 4.90 Å². The van der Waals surface area contributed by atoms with Crippen molar-refractivity contribution in [1.29, 1.82) is 0 Å². The van der Waals surface area contributed by atoms with Gasteiger partial charge in [-0.3, -0.25) is 4.79 Å². The van der Waals surface area contributed by atoms with Gasteiger partial charge >= 0.3 is 0 Å². The second kappa shape index (κ2) is 7.64. The molecule has 0 atom stereocenters. The number of hydrogen-bond donors (Lipinski definition) is 2. The summed E-state index contributed by atoms with van der Waals surface area (Å²) in [4.78, 5) is 14.3. The van der Waals surface area contributed by atoms with Gasteiger partial charge in [-0.1, -0.05) is 53.7 Å². The third-order valence-electron chi connectivity index (χ3n) is 3.68. The summed E-state index contributed by atoms with van der Waals surface area (Å²) < 4.78 is 0.361. The number of allylic oxidation sites excluding steroid dienone is 1. The zero-order chi connectivity index (χ0) is 17.9. The molecule has 24 heavy (non-hydrogen) atoms. The van der Waals surface area contributed by atoms with E-state index in [4.69, 9.17) is 12.2 Å². The quantitative estimate of drug-likeness (QED) is 0.273. The van der Waals surface area contributed by atoms with Crippen LogP contribution in [0, 0.1) is 13.8 Å². The molecule has 124 valence electrons. The van der Waals surface area contributed by atoms with Crippen LogP contribution >= 0.6 is 24.8 Å². The Labute approximate surface area is 153 Å². The maximum absolute atomic E-state index is 12.7. The molecule has 0 aliphatic heterocycles. The highest BCUT2D eigenvalue weighted by molar-refractivity contribution is 8.11. The second-order valence-electron chi connectivity index (χ2n) is 5.62. The van der Waals surface area contributed by atoms with Gasteiger partial charge in [0.2, 0.25) is 0 Å². The molecule has 0 amide bonds. The average Bonchev–Trinajstić information content (AvgIpc) is 2.54. The first-order chi connectivity index (χ1) is 11.3. The molecule has 2 aromatic rings. The van der Waals surface area contributed by atoms with Gasteiger partial charge in [-0.25, -0.2) is 0 Å². The van der Waals surface area contributed by atoms with Crippen LogP contribution in [-0.4, -0.2) is 22.3 Å². The molecule has 2 aromatic carbocycles. The van der Waals surface area contributed by atoms with Crippen LogP contribution in [0.4, 0.5) is 5.69 Å². The van der Waals surface area contributed by atoms with E-state index in [1.807, 2.05) is 38.1 Å². The van der Waals surface area contributed by atoms with Crippen LogP contribution in [0.25, 0.3) is 5.76 Å². The SMILES string of the molecule is Cc1ccc(/C(O)=C/C(=O)c2cc(C)ccc2N(C)C(=S)S)cc1. The molecule has 0 saturated carbocycles. The number of aryl methyl sites for hydroxylation is 2. The number of carbonyl (C=O) groups excluding carboxylic acids is 1. The Hall–Kier alpha value is -2.11. The first-order valence-corrected chi connectivity index (χ1v) is 8.24. The number of nitrogens with zero attached hydrogens (tertiary/aromatic N) is 1. The van der Waals surface area contributed by atoms with Gasteiger partial charge in [-0.05, 0) is 26.0 Å². The standard InChI is InChI=1S/C19H19NO2S2/c1-12-4-7-14(8-5-12)17(21)11-18(22)15-10-13(2)6-9-16(15)20(3)19(23)24/h4-11,21H,1-3H3,(H,23,24)/b17-11-. The first-order valence-electron chi connectivity index (χ1n) is 7.39. The van der Waals surface area contributed by atoms with Gasteiger partial charge in [-0.15, -0.1) is 12.6 Å². The lowest BCUT2D eigenvalue weighted by molar-refractivity contribution is 0.104. The van der Waals surface area contributed by atoms with E-state index < -0.39 is 0 Å². The van der Waals surface area contributed by atoms with Gasteiger partial charge in [0.05, 0.1) is 5.69 Å². The predicted molar refractivity (Wildman–Crippen MR) is 107 cm³/mol. The largest absolute Gasteiger partial charge is 0.507 e. The smallest absolute Gasteiger partial charge is 0.191 e. The molecule has 1 N–H and O–H groups in total. The predicted octanol–water partition coefficient (Wildman–Crippen LogP) is 4.74. The zero-order valence-electron chi connectivity index (χ0n) is 13.8. The molecule has 2 rings (SSSR count). The van der Waals surface area contributed by atoms with Crippen molar-refractivity contribution >= 4 is 46.4 Å². The van der Waals surface area contributed by atoms with Crippen molar-refractivity contribution in [2.24, 2.45) is 0 Å². The number of rotatable bonds is 4. The van der Waals surface area contributed by atoms with E-state index >= 15 is 0 Å². The van der Waals surface area contributed by atoms with Crippen LogP contribution in [0.1, 0.15) is 27.0 Å². The fourth-order valence-corrected chi connectivity index (χ4v) is 2.46. The van der Waals surface area contributed by atoms with Crippen LogP contribution in [-0.2, 0) is 0 Å². The highest BCUT2D eigenvalue weighted by Gasteiger charge is 2.15. The summed E-state index contributed by atoms with van der Waals surface area (Å²) in [5.41, 5.74) is 3.75. The van der Waals surface area contributed by atoms with Gasteiger partial charge in [0.15, 0.2) is 5.78 Å². The summed E-state index contributed by atoms with van der Waals surface area (Å²) in [5, 5.41) is 10.2. The van der Waals surface area contributed by atoms with Gasteiger partial charge in [0.1, 0.15) is 10.1 Å². The van der Waals surface area contributed by atoms with Crippen LogP contribution in [0.3, 0.4) is 0 Å². The van der Waals surface area contributed by atoms with Crippen LogP contribution in [0.2, 0.25) is 0 Å². The number of aliphatic hydroxyl groups is 1. The van der Waals surface area contributed by atoms with E-state index in [2.05, 4.69) is 12.6 Å². The van der Waals surface area contributed by atoms with E-state index in [1.165, 1.54) is 6.08 Å². The Balaban J connectivity index is 2.42. The number of anilines is 1. The number of thiol groups is 1. The van der Waals surface area contributed by atoms with Crippen molar-refractivity contribution < 1.29 is 9.90 Å². The lowest BCUT2D eigenvalue weighted by Gasteiger charge is -2.20. The average molecular weight is 358 g/mol. The molecule has 0 fully saturated rings. The molecule has 0 heterocycles. The topological polar surface area (TPSA) is 40.5 Å². The highest BCUT2D eigenvalue weighted by Crippen LogP contribution is 2.24. The second-order valence-corrected chi connectivity index (χ2v) is 6.73. The lowest BCUT2D eigenvalue weighted by atomic mass is 10.0. The monoisotopic (exact) mass is 357 g/mol. The molecule has 0 aliphatic carbocycles. The Morgan fingerprint density at radius 3 is 2.29 bits per heavy atom. The summed E-state index contributed by atoms with van der Waals surface area (Å²) in [6.07, 6.45) is 1.23. The van der Waals surface area contributed by atoms with E-state index in [0.717, 1.165) is 11.1 Å². The van der Waals surface area contributed by atoms with Crippen molar-refractivity contribution in [1.82, 2.24) is 0 Å². The maximum Gasteiger partial charge on any atom is 0.191 e. The van der Waals surface area contributed by atoms with E-state index in [0.29, 0.717) is 21.1 Å². The van der Waals surface area contributed by atoms with Crippen molar-refractivity contribution in [2.75, 3.05) is 11.9 Å². The summed E-state index contributed by atoms with van der Waals surface area (Å²) in [6, 6.07) is 12.8. The van der Waals surface area contributed by atoms with Crippen molar-refractivity contribution in [3.8, 4) is 0 Å². The molecular formula is C19H19NO2S2. The lowest BCUT2D eigenvalue weighted by Crippen LogP contribution is -2.22. The molecule has 0 saturated heterocycles. The molecule has 0 aliphatic rings. The number of benzene rings is 2. The minimum atomic E-state index is -0.289. The molecule has 0 spiro atoms. The molecule has 3 nitrogen and oxygen atoms in total. The summed E-state index contributed by atoms with van der Waals surface area (Å²) in [6.45, 7) is 3.87. The fourth-order valence-electron chi connectivity index (χ4n) is 2.25. The molecule has 0 aromatic heterocycles. The third-order valence-corrected chi connectivity index (χ3v) is 4.25. The molecular weight excluding hydrogens is 338 g/mol. The Morgan fingerprint density at radius 2 is 1.71 bits per heavy atom. The number of aliphatic hydroxyl groups excluding tert-OH is 1. The summed E-state index contributed by atoms with van der Waals surface area (Å²) in [7, 11) is 1.75. The number of thiocarbonyl (C=S) groups is 1. The zero-order valence-corrected chi connectivity index (χ0v) is 15.5. The van der Waals surface area contributed by atoms with E-state index in [-0.39, 0.29) is 11.5 Å². The molecule has 0 unspecified atom stereocenters. The van der Waals surface area contributed by atoms with Crippen LogP contribution in [0.15, 0.2) is 48.5 Å². The van der Waals surface area contributed by atoms with Gasteiger partial charge < -0.3 is 10.0 Å². The Kier molecular flexibility index (Phi) is 5.80. The Bertz CT molecular complexity index is 811. The molecule has 5 heteroatoms. The minimum absolute atomic E-state index is 0.0661. The Morgan fingerprint density at radius 1 is 1.12 bits per heavy atom.